The summed E-state index contributed by atoms with van der Waals surface area (Å²) >= 11 is 1.65. The molecule has 144 valence electrons. The van der Waals surface area contributed by atoms with Crippen molar-refractivity contribution in [2.45, 2.75) is 33.0 Å². The predicted octanol–water partition coefficient (Wildman–Crippen LogP) is 3.45. The SMILES string of the molecule is Cc1cccc(C(=O)N2C[C@H]3[C@@H](CCOCc4csc(C)n4)CO[C@H]3C2)c1. The zero-order chi connectivity index (χ0) is 18.8. The van der Waals surface area contributed by atoms with Crippen LogP contribution < -0.4 is 0 Å². The van der Waals surface area contributed by atoms with Crippen LogP contribution in [0.1, 0.15) is 33.0 Å². The average Bonchev–Trinajstić information content (AvgIpc) is 3.34. The number of carbonyl (C=O) groups excluding carboxylic acids is 1. The Morgan fingerprint density at radius 2 is 2.26 bits per heavy atom. The molecule has 0 bridgehead atoms. The second kappa shape index (κ2) is 8.09. The van der Waals surface area contributed by atoms with Crippen LogP contribution in [0, 0.1) is 25.7 Å². The molecule has 27 heavy (non-hydrogen) atoms. The van der Waals surface area contributed by atoms with E-state index in [4.69, 9.17) is 9.47 Å². The molecule has 3 heterocycles. The van der Waals surface area contributed by atoms with Crippen LogP contribution >= 0.6 is 11.3 Å². The molecule has 2 aliphatic rings. The number of aryl methyl sites for hydroxylation is 2. The van der Waals surface area contributed by atoms with E-state index in [1.54, 1.807) is 11.3 Å². The van der Waals surface area contributed by atoms with Crippen LogP contribution in [-0.2, 0) is 16.1 Å². The van der Waals surface area contributed by atoms with E-state index in [1.807, 2.05) is 43.0 Å². The molecule has 0 radical (unpaired) electrons. The second-order valence-corrected chi connectivity index (χ2v) is 8.64. The highest BCUT2D eigenvalue weighted by Gasteiger charge is 2.44. The summed E-state index contributed by atoms with van der Waals surface area (Å²) in [7, 11) is 0. The van der Waals surface area contributed by atoms with Gasteiger partial charge in [-0.25, -0.2) is 4.98 Å². The van der Waals surface area contributed by atoms with Gasteiger partial charge in [0, 0.05) is 36.6 Å². The Morgan fingerprint density at radius 3 is 3.04 bits per heavy atom. The molecule has 3 atom stereocenters. The van der Waals surface area contributed by atoms with Crippen molar-refractivity contribution in [1.82, 2.24) is 9.88 Å². The van der Waals surface area contributed by atoms with Crippen molar-refractivity contribution in [3.05, 3.63) is 51.5 Å². The van der Waals surface area contributed by atoms with Crippen molar-refractivity contribution in [3.63, 3.8) is 0 Å². The molecule has 0 spiro atoms. The fourth-order valence-electron chi connectivity index (χ4n) is 4.11. The number of hydrogen-bond acceptors (Lipinski definition) is 5. The Labute approximate surface area is 164 Å². The highest BCUT2D eigenvalue weighted by molar-refractivity contribution is 7.09. The van der Waals surface area contributed by atoms with Crippen molar-refractivity contribution >= 4 is 17.2 Å². The molecule has 1 amide bonds. The van der Waals surface area contributed by atoms with Gasteiger partial charge in [-0.15, -0.1) is 11.3 Å². The van der Waals surface area contributed by atoms with E-state index in [1.165, 1.54) is 0 Å². The maximum Gasteiger partial charge on any atom is 0.253 e. The first-order valence-corrected chi connectivity index (χ1v) is 10.4. The zero-order valence-corrected chi connectivity index (χ0v) is 16.7. The maximum atomic E-state index is 12.8. The minimum absolute atomic E-state index is 0.116. The van der Waals surface area contributed by atoms with Gasteiger partial charge in [0.05, 0.1) is 30.0 Å². The Morgan fingerprint density at radius 1 is 1.37 bits per heavy atom. The van der Waals surface area contributed by atoms with Crippen LogP contribution in [0.4, 0.5) is 0 Å². The first-order chi connectivity index (χ1) is 13.1. The lowest BCUT2D eigenvalue weighted by Gasteiger charge is -2.20. The Bertz CT molecular complexity index is 806. The number of rotatable bonds is 6. The third kappa shape index (κ3) is 4.23. The number of ether oxygens (including phenoxy) is 2. The molecule has 2 aliphatic heterocycles. The van der Waals surface area contributed by atoms with Gasteiger partial charge in [0.15, 0.2) is 0 Å². The van der Waals surface area contributed by atoms with Gasteiger partial charge in [0.2, 0.25) is 0 Å². The van der Waals surface area contributed by atoms with Gasteiger partial charge in [-0.2, -0.15) is 0 Å². The minimum atomic E-state index is 0.116. The summed E-state index contributed by atoms with van der Waals surface area (Å²) < 4.78 is 11.8. The fraction of sp³-hybridized carbons (Fsp3) is 0.524. The number of benzene rings is 1. The van der Waals surface area contributed by atoms with Crippen molar-refractivity contribution in [2.24, 2.45) is 11.8 Å². The Kier molecular flexibility index (Phi) is 5.57. The van der Waals surface area contributed by atoms with Gasteiger partial charge in [-0.1, -0.05) is 17.7 Å². The monoisotopic (exact) mass is 386 g/mol. The number of likely N-dealkylation sites (tertiary alicyclic amines) is 1. The van der Waals surface area contributed by atoms with Crippen LogP contribution in [0.3, 0.4) is 0 Å². The molecule has 2 aromatic rings. The lowest BCUT2D eigenvalue weighted by atomic mass is 9.91. The van der Waals surface area contributed by atoms with E-state index in [0.29, 0.717) is 31.6 Å². The highest BCUT2D eigenvalue weighted by Crippen LogP contribution is 2.36. The van der Waals surface area contributed by atoms with Gasteiger partial charge >= 0.3 is 0 Å². The van der Waals surface area contributed by atoms with E-state index in [-0.39, 0.29) is 12.0 Å². The molecule has 0 aliphatic carbocycles. The molecule has 0 unspecified atom stereocenters. The fourth-order valence-corrected chi connectivity index (χ4v) is 4.71. The summed E-state index contributed by atoms with van der Waals surface area (Å²) in [5.74, 6) is 0.997. The summed E-state index contributed by atoms with van der Waals surface area (Å²) in [6, 6.07) is 7.82. The number of nitrogens with zero attached hydrogens (tertiary/aromatic N) is 2. The second-order valence-electron chi connectivity index (χ2n) is 7.57. The van der Waals surface area contributed by atoms with Gasteiger partial charge in [0.1, 0.15) is 0 Å². The van der Waals surface area contributed by atoms with Crippen molar-refractivity contribution in [1.29, 1.82) is 0 Å². The standard InChI is InChI=1S/C21H26N2O3S/c1-14-4-3-5-16(8-14)21(24)23-9-19-17(11-26-20(19)10-23)6-7-25-12-18-13-27-15(2)22-18/h3-5,8,13,17,19-20H,6-7,9-12H2,1-2H3/t17-,19-,20-/m0/s1. The van der Waals surface area contributed by atoms with Crippen LogP contribution in [0.15, 0.2) is 29.6 Å². The summed E-state index contributed by atoms with van der Waals surface area (Å²) in [5.41, 5.74) is 2.89. The number of thiazole rings is 1. The lowest BCUT2D eigenvalue weighted by molar-refractivity contribution is 0.0647. The summed E-state index contributed by atoms with van der Waals surface area (Å²) in [6.45, 7) is 7.57. The first kappa shape index (κ1) is 18.6. The summed E-state index contributed by atoms with van der Waals surface area (Å²) in [6.07, 6.45) is 1.14. The first-order valence-electron chi connectivity index (χ1n) is 9.56. The van der Waals surface area contributed by atoms with E-state index in [9.17, 15) is 4.79 Å². The van der Waals surface area contributed by atoms with Crippen molar-refractivity contribution in [2.75, 3.05) is 26.3 Å². The summed E-state index contributed by atoms with van der Waals surface area (Å²) in [4.78, 5) is 19.2. The topological polar surface area (TPSA) is 51.7 Å². The van der Waals surface area contributed by atoms with E-state index in [0.717, 1.165) is 41.4 Å². The quantitative estimate of drug-likeness (QED) is 0.714. The molecule has 6 heteroatoms. The minimum Gasteiger partial charge on any atom is -0.376 e. The molecular weight excluding hydrogens is 360 g/mol. The molecule has 1 aromatic carbocycles. The molecule has 2 fully saturated rings. The Balaban J connectivity index is 1.27. The number of amides is 1. The lowest BCUT2D eigenvalue weighted by Crippen LogP contribution is -2.31. The molecule has 4 rings (SSSR count). The van der Waals surface area contributed by atoms with Gasteiger partial charge < -0.3 is 14.4 Å². The third-order valence-electron chi connectivity index (χ3n) is 5.54. The van der Waals surface area contributed by atoms with E-state index in [2.05, 4.69) is 10.4 Å². The molecule has 1 aromatic heterocycles. The predicted molar refractivity (Wildman–Crippen MR) is 105 cm³/mol. The zero-order valence-electron chi connectivity index (χ0n) is 15.9. The largest absolute Gasteiger partial charge is 0.376 e. The average molecular weight is 387 g/mol. The van der Waals surface area contributed by atoms with Crippen molar-refractivity contribution in [3.8, 4) is 0 Å². The Hall–Kier alpha value is -1.76. The number of fused-ring (bicyclic) bond motifs is 1. The molecule has 0 saturated carbocycles. The number of aromatic nitrogens is 1. The summed E-state index contributed by atoms with van der Waals surface area (Å²) in [5, 5.41) is 3.13. The van der Waals surface area contributed by atoms with Gasteiger partial charge in [0.25, 0.3) is 5.91 Å². The smallest absolute Gasteiger partial charge is 0.253 e. The number of carbonyl (C=O) groups is 1. The number of hydrogen-bond donors (Lipinski definition) is 0. The van der Waals surface area contributed by atoms with Crippen LogP contribution in [0.25, 0.3) is 0 Å². The van der Waals surface area contributed by atoms with Gasteiger partial charge in [-0.3, -0.25) is 4.79 Å². The van der Waals surface area contributed by atoms with Crippen LogP contribution in [-0.4, -0.2) is 48.2 Å². The third-order valence-corrected chi connectivity index (χ3v) is 6.36. The molecular formula is C21H26N2O3S. The van der Waals surface area contributed by atoms with Crippen LogP contribution in [0.2, 0.25) is 0 Å². The highest BCUT2D eigenvalue weighted by atomic mass is 32.1. The van der Waals surface area contributed by atoms with Gasteiger partial charge in [-0.05, 0) is 38.3 Å². The molecule has 5 nitrogen and oxygen atoms in total. The van der Waals surface area contributed by atoms with Crippen LogP contribution in [0.5, 0.6) is 0 Å². The van der Waals surface area contributed by atoms with E-state index >= 15 is 0 Å². The normalized spacial score (nSPS) is 24.4. The van der Waals surface area contributed by atoms with Crippen molar-refractivity contribution < 1.29 is 14.3 Å². The molecule has 2 saturated heterocycles. The maximum absolute atomic E-state index is 12.8. The molecule has 0 N–H and O–H groups in total. The van der Waals surface area contributed by atoms with E-state index < -0.39 is 0 Å².